The molecular weight excluding hydrogens is 234 g/mol. The summed E-state index contributed by atoms with van der Waals surface area (Å²) in [6.45, 7) is 5.56. The zero-order valence-corrected chi connectivity index (χ0v) is 11.5. The molecular formula is C17H19NO. The Labute approximate surface area is 114 Å². The number of hydrogen-bond donors (Lipinski definition) is 0. The lowest BCUT2D eigenvalue weighted by Crippen LogP contribution is -2.21. The molecule has 2 rings (SSSR count). The van der Waals surface area contributed by atoms with Gasteiger partial charge in [-0.15, -0.1) is 0 Å². The van der Waals surface area contributed by atoms with Gasteiger partial charge < -0.3 is 4.90 Å². The second kappa shape index (κ2) is 6.19. The average Bonchev–Trinajstić information content (AvgIpc) is 2.46. The summed E-state index contributed by atoms with van der Waals surface area (Å²) in [6.07, 6.45) is 0. The Kier molecular flexibility index (Phi) is 4.35. The number of carbonyl (C=O) groups excluding carboxylic acids is 1. The van der Waals surface area contributed by atoms with Gasteiger partial charge in [-0.2, -0.15) is 0 Å². The van der Waals surface area contributed by atoms with Crippen LogP contribution in [0.15, 0.2) is 54.6 Å². The van der Waals surface area contributed by atoms with Crippen LogP contribution in [0.2, 0.25) is 0 Å². The van der Waals surface area contributed by atoms with Crippen LogP contribution in [-0.4, -0.2) is 12.3 Å². The average molecular weight is 253 g/mol. The van der Waals surface area contributed by atoms with Gasteiger partial charge in [-0.3, -0.25) is 4.79 Å². The number of hydrogen-bond acceptors (Lipinski definition) is 2. The molecule has 0 unspecified atom stereocenters. The van der Waals surface area contributed by atoms with Gasteiger partial charge in [0.15, 0.2) is 5.78 Å². The van der Waals surface area contributed by atoms with Crippen LogP contribution >= 0.6 is 0 Å². The number of Topliss-reactive ketones (excluding diaryl/α,β-unsaturated/α-hetero) is 1. The van der Waals surface area contributed by atoms with E-state index in [-0.39, 0.29) is 5.78 Å². The number of rotatable bonds is 5. The van der Waals surface area contributed by atoms with Crippen molar-refractivity contribution in [1.29, 1.82) is 0 Å². The molecule has 2 aromatic rings. The van der Waals surface area contributed by atoms with Gasteiger partial charge in [0.05, 0.1) is 0 Å². The topological polar surface area (TPSA) is 20.3 Å². The van der Waals surface area contributed by atoms with Gasteiger partial charge in [0.1, 0.15) is 0 Å². The lowest BCUT2D eigenvalue weighted by molar-refractivity contribution is 0.101. The second-order valence-electron chi connectivity index (χ2n) is 4.60. The van der Waals surface area contributed by atoms with Gasteiger partial charge in [0.25, 0.3) is 0 Å². The van der Waals surface area contributed by atoms with Crippen LogP contribution in [0.1, 0.15) is 29.8 Å². The molecule has 0 radical (unpaired) electrons. The molecule has 0 fully saturated rings. The third kappa shape index (κ3) is 3.44. The zero-order chi connectivity index (χ0) is 13.7. The van der Waals surface area contributed by atoms with Crippen molar-refractivity contribution in [3.8, 4) is 0 Å². The van der Waals surface area contributed by atoms with Crippen molar-refractivity contribution < 1.29 is 4.79 Å². The van der Waals surface area contributed by atoms with E-state index in [0.29, 0.717) is 0 Å². The molecule has 2 aromatic carbocycles. The summed E-state index contributed by atoms with van der Waals surface area (Å²) in [5, 5.41) is 0. The first-order valence-corrected chi connectivity index (χ1v) is 6.60. The van der Waals surface area contributed by atoms with Crippen molar-refractivity contribution in [2.45, 2.75) is 20.4 Å². The smallest absolute Gasteiger partial charge is 0.159 e. The van der Waals surface area contributed by atoms with Crippen LogP contribution < -0.4 is 4.90 Å². The molecule has 0 heterocycles. The summed E-state index contributed by atoms with van der Waals surface area (Å²) in [4.78, 5) is 13.6. The van der Waals surface area contributed by atoms with E-state index in [1.54, 1.807) is 6.92 Å². The van der Waals surface area contributed by atoms with Gasteiger partial charge in [-0.25, -0.2) is 0 Å². The maximum Gasteiger partial charge on any atom is 0.159 e. The molecule has 0 spiro atoms. The molecule has 2 heteroatoms. The van der Waals surface area contributed by atoms with Crippen molar-refractivity contribution in [3.63, 3.8) is 0 Å². The Bertz CT molecular complexity index is 531. The molecule has 0 atom stereocenters. The van der Waals surface area contributed by atoms with E-state index in [9.17, 15) is 4.79 Å². The quantitative estimate of drug-likeness (QED) is 0.753. The van der Waals surface area contributed by atoms with Gasteiger partial charge in [-0.1, -0.05) is 30.3 Å². The summed E-state index contributed by atoms with van der Waals surface area (Å²) in [6, 6.07) is 18.2. The summed E-state index contributed by atoms with van der Waals surface area (Å²) >= 11 is 0. The third-order valence-electron chi connectivity index (χ3n) is 3.24. The molecule has 0 aliphatic rings. The number of nitrogens with zero attached hydrogens (tertiary/aromatic N) is 1. The molecule has 98 valence electrons. The zero-order valence-electron chi connectivity index (χ0n) is 11.5. The Balaban J connectivity index is 2.15. The predicted molar refractivity (Wildman–Crippen MR) is 79.6 cm³/mol. The molecule has 0 aliphatic heterocycles. The van der Waals surface area contributed by atoms with Crippen LogP contribution in [0.4, 0.5) is 5.69 Å². The van der Waals surface area contributed by atoms with Gasteiger partial charge in [-0.05, 0) is 43.7 Å². The summed E-state index contributed by atoms with van der Waals surface area (Å²) in [7, 11) is 0. The lowest BCUT2D eigenvalue weighted by Gasteiger charge is -2.23. The SMILES string of the molecule is CCN(Cc1ccccc1)c1ccc(C(C)=O)cc1. The third-order valence-corrected chi connectivity index (χ3v) is 3.24. The second-order valence-corrected chi connectivity index (χ2v) is 4.60. The highest BCUT2D eigenvalue weighted by atomic mass is 16.1. The molecule has 2 nitrogen and oxygen atoms in total. The maximum atomic E-state index is 11.3. The van der Waals surface area contributed by atoms with E-state index in [1.165, 1.54) is 5.56 Å². The predicted octanol–water partition coefficient (Wildman–Crippen LogP) is 3.92. The first-order valence-electron chi connectivity index (χ1n) is 6.60. The fraction of sp³-hybridized carbons (Fsp3) is 0.235. The van der Waals surface area contributed by atoms with E-state index < -0.39 is 0 Å². The number of anilines is 1. The van der Waals surface area contributed by atoms with Crippen molar-refractivity contribution in [2.75, 3.05) is 11.4 Å². The van der Waals surface area contributed by atoms with Crippen molar-refractivity contribution in [3.05, 3.63) is 65.7 Å². The molecule has 0 saturated heterocycles. The number of ketones is 1. The normalized spacial score (nSPS) is 10.2. The Morgan fingerprint density at radius 3 is 2.16 bits per heavy atom. The fourth-order valence-corrected chi connectivity index (χ4v) is 2.10. The van der Waals surface area contributed by atoms with Gasteiger partial charge in [0.2, 0.25) is 0 Å². The van der Waals surface area contributed by atoms with E-state index in [4.69, 9.17) is 0 Å². The number of carbonyl (C=O) groups is 1. The highest BCUT2D eigenvalue weighted by Crippen LogP contribution is 2.18. The largest absolute Gasteiger partial charge is 0.367 e. The van der Waals surface area contributed by atoms with Crippen LogP contribution in [0.25, 0.3) is 0 Å². The minimum Gasteiger partial charge on any atom is -0.367 e. The first kappa shape index (κ1) is 13.3. The molecule has 0 aliphatic carbocycles. The van der Waals surface area contributed by atoms with Gasteiger partial charge >= 0.3 is 0 Å². The van der Waals surface area contributed by atoms with Crippen LogP contribution in [-0.2, 0) is 6.54 Å². The Morgan fingerprint density at radius 2 is 1.63 bits per heavy atom. The van der Waals surface area contributed by atoms with Crippen molar-refractivity contribution in [1.82, 2.24) is 0 Å². The Hall–Kier alpha value is -2.09. The summed E-state index contributed by atoms with van der Waals surface area (Å²) in [5.74, 6) is 0.109. The molecule has 0 bridgehead atoms. The molecule has 0 amide bonds. The van der Waals surface area contributed by atoms with Crippen molar-refractivity contribution >= 4 is 11.5 Å². The lowest BCUT2D eigenvalue weighted by atomic mass is 10.1. The highest BCUT2D eigenvalue weighted by molar-refractivity contribution is 5.94. The van der Waals surface area contributed by atoms with Gasteiger partial charge in [0, 0.05) is 24.3 Å². The Morgan fingerprint density at radius 1 is 1.00 bits per heavy atom. The minimum atomic E-state index is 0.109. The number of benzene rings is 2. The van der Waals surface area contributed by atoms with Crippen LogP contribution in [0.5, 0.6) is 0 Å². The molecule has 0 aromatic heterocycles. The van der Waals surface area contributed by atoms with E-state index in [0.717, 1.165) is 24.3 Å². The van der Waals surface area contributed by atoms with E-state index in [2.05, 4.69) is 36.1 Å². The maximum absolute atomic E-state index is 11.3. The van der Waals surface area contributed by atoms with E-state index >= 15 is 0 Å². The summed E-state index contributed by atoms with van der Waals surface area (Å²) < 4.78 is 0. The van der Waals surface area contributed by atoms with Crippen LogP contribution in [0, 0.1) is 0 Å². The first-order chi connectivity index (χ1) is 9.20. The standard InChI is InChI=1S/C17H19NO/c1-3-18(13-15-7-5-4-6-8-15)17-11-9-16(10-12-17)14(2)19/h4-12H,3,13H2,1-2H3. The fourth-order valence-electron chi connectivity index (χ4n) is 2.10. The van der Waals surface area contributed by atoms with E-state index in [1.807, 2.05) is 30.3 Å². The molecule has 19 heavy (non-hydrogen) atoms. The minimum absolute atomic E-state index is 0.109. The summed E-state index contributed by atoms with van der Waals surface area (Å²) in [5.41, 5.74) is 3.20. The van der Waals surface area contributed by atoms with Crippen molar-refractivity contribution in [2.24, 2.45) is 0 Å². The monoisotopic (exact) mass is 253 g/mol. The molecule has 0 saturated carbocycles. The molecule has 0 N–H and O–H groups in total. The van der Waals surface area contributed by atoms with Crippen LogP contribution in [0.3, 0.4) is 0 Å². The highest BCUT2D eigenvalue weighted by Gasteiger charge is 2.06.